The maximum Gasteiger partial charge on any atom is 0.236 e. The van der Waals surface area contributed by atoms with Crippen molar-refractivity contribution >= 4 is 5.91 Å². The summed E-state index contributed by atoms with van der Waals surface area (Å²) in [7, 11) is 0. The van der Waals surface area contributed by atoms with Gasteiger partial charge >= 0.3 is 0 Å². The topological polar surface area (TPSA) is 41.6 Å². The lowest BCUT2D eigenvalue weighted by Gasteiger charge is -2.16. The molecule has 2 atom stereocenters. The SMILES string of the molecule is O=C(CNC1CC1c1cc(F)cc(F)c1OCc1ccccc1)N1CCCC1. The first-order chi connectivity index (χ1) is 13.6. The van der Waals surface area contributed by atoms with Gasteiger partial charge in [-0.3, -0.25) is 4.79 Å². The fraction of sp³-hybridized carbons (Fsp3) is 0.409. The molecule has 4 nitrogen and oxygen atoms in total. The summed E-state index contributed by atoms with van der Waals surface area (Å²) in [6.45, 7) is 2.12. The fourth-order valence-corrected chi connectivity index (χ4v) is 3.80. The van der Waals surface area contributed by atoms with Crippen molar-refractivity contribution in [3.63, 3.8) is 0 Å². The van der Waals surface area contributed by atoms with Crippen LogP contribution in [0.3, 0.4) is 0 Å². The number of hydrogen-bond donors (Lipinski definition) is 1. The van der Waals surface area contributed by atoms with Gasteiger partial charge in [0.1, 0.15) is 12.4 Å². The van der Waals surface area contributed by atoms with Crippen LogP contribution in [0, 0.1) is 11.6 Å². The summed E-state index contributed by atoms with van der Waals surface area (Å²) in [6, 6.07) is 11.7. The molecule has 1 aliphatic carbocycles. The molecule has 1 N–H and O–H groups in total. The van der Waals surface area contributed by atoms with E-state index in [-0.39, 0.29) is 36.8 Å². The van der Waals surface area contributed by atoms with Gasteiger partial charge in [-0.05, 0) is 30.9 Å². The van der Waals surface area contributed by atoms with E-state index >= 15 is 0 Å². The number of benzene rings is 2. The van der Waals surface area contributed by atoms with Gasteiger partial charge in [0.2, 0.25) is 5.91 Å². The number of likely N-dealkylation sites (tertiary alicyclic amines) is 1. The molecule has 0 spiro atoms. The summed E-state index contributed by atoms with van der Waals surface area (Å²) in [5, 5.41) is 3.23. The lowest BCUT2D eigenvalue weighted by molar-refractivity contribution is -0.129. The summed E-state index contributed by atoms with van der Waals surface area (Å²) in [4.78, 5) is 14.0. The van der Waals surface area contributed by atoms with E-state index in [4.69, 9.17) is 4.74 Å². The Labute approximate surface area is 163 Å². The highest BCUT2D eigenvalue weighted by molar-refractivity contribution is 5.78. The van der Waals surface area contributed by atoms with Crippen molar-refractivity contribution in [3.8, 4) is 5.75 Å². The second-order valence-corrected chi connectivity index (χ2v) is 7.50. The molecule has 148 valence electrons. The highest BCUT2D eigenvalue weighted by atomic mass is 19.1. The van der Waals surface area contributed by atoms with Gasteiger partial charge in [0.15, 0.2) is 11.6 Å². The average molecular weight is 386 g/mol. The Bertz CT molecular complexity index is 838. The molecular weight excluding hydrogens is 362 g/mol. The van der Waals surface area contributed by atoms with Crippen molar-refractivity contribution in [2.75, 3.05) is 19.6 Å². The van der Waals surface area contributed by atoms with E-state index in [0.29, 0.717) is 5.56 Å². The van der Waals surface area contributed by atoms with Crippen molar-refractivity contribution in [2.45, 2.75) is 37.8 Å². The first-order valence-corrected chi connectivity index (χ1v) is 9.78. The van der Waals surface area contributed by atoms with Crippen molar-refractivity contribution in [1.82, 2.24) is 10.2 Å². The number of halogens is 2. The number of ether oxygens (including phenoxy) is 1. The Morgan fingerprint density at radius 2 is 1.89 bits per heavy atom. The van der Waals surface area contributed by atoms with E-state index in [2.05, 4.69) is 5.32 Å². The Balaban J connectivity index is 1.40. The zero-order valence-electron chi connectivity index (χ0n) is 15.7. The lowest BCUT2D eigenvalue weighted by Crippen LogP contribution is -2.37. The quantitative estimate of drug-likeness (QED) is 0.790. The Morgan fingerprint density at radius 3 is 2.64 bits per heavy atom. The minimum absolute atomic E-state index is 0.0341. The molecule has 1 aliphatic heterocycles. The molecule has 4 rings (SSSR count). The molecule has 2 aromatic carbocycles. The van der Waals surface area contributed by atoms with Crippen molar-refractivity contribution in [1.29, 1.82) is 0 Å². The zero-order chi connectivity index (χ0) is 19.5. The van der Waals surface area contributed by atoms with Crippen LogP contribution < -0.4 is 10.1 Å². The number of carbonyl (C=O) groups excluding carboxylic acids is 1. The molecule has 1 amide bonds. The summed E-state index contributed by atoms with van der Waals surface area (Å²) < 4.78 is 34.0. The minimum atomic E-state index is -0.690. The lowest BCUT2D eigenvalue weighted by atomic mass is 10.1. The molecule has 2 aliphatic rings. The van der Waals surface area contributed by atoms with E-state index in [1.807, 2.05) is 35.2 Å². The number of nitrogens with zero attached hydrogens (tertiary/aromatic N) is 1. The van der Waals surface area contributed by atoms with Crippen LogP contribution in [0.15, 0.2) is 42.5 Å². The minimum Gasteiger partial charge on any atom is -0.486 e. The van der Waals surface area contributed by atoms with Crippen molar-refractivity contribution < 1.29 is 18.3 Å². The van der Waals surface area contributed by atoms with E-state index in [9.17, 15) is 13.6 Å². The Hall–Kier alpha value is -2.47. The fourth-order valence-electron chi connectivity index (χ4n) is 3.80. The summed E-state index contributed by atoms with van der Waals surface area (Å²) in [6.07, 6.45) is 2.85. The van der Waals surface area contributed by atoms with Gasteiger partial charge in [-0.2, -0.15) is 0 Å². The van der Waals surface area contributed by atoms with E-state index < -0.39 is 11.6 Å². The predicted octanol–water partition coefficient (Wildman–Crippen LogP) is 3.61. The smallest absolute Gasteiger partial charge is 0.236 e. The van der Waals surface area contributed by atoms with Crippen LogP contribution in [0.4, 0.5) is 8.78 Å². The first kappa shape index (κ1) is 18.9. The summed E-state index contributed by atoms with van der Waals surface area (Å²) >= 11 is 0. The summed E-state index contributed by atoms with van der Waals surface area (Å²) in [5.74, 6) is -1.16. The molecule has 0 aromatic heterocycles. The van der Waals surface area contributed by atoms with Crippen LogP contribution in [0.25, 0.3) is 0 Å². The van der Waals surface area contributed by atoms with Gasteiger partial charge < -0.3 is 15.0 Å². The molecule has 6 heteroatoms. The Morgan fingerprint density at radius 1 is 1.14 bits per heavy atom. The Kier molecular flexibility index (Phi) is 5.57. The maximum absolute atomic E-state index is 14.4. The highest BCUT2D eigenvalue weighted by Gasteiger charge is 2.41. The van der Waals surface area contributed by atoms with Gasteiger partial charge in [0, 0.05) is 36.7 Å². The predicted molar refractivity (Wildman–Crippen MR) is 102 cm³/mol. The van der Waals surface area contributed by atoms with E-state index in [0.717, 1.165) is 44.0 Å². The van der Waals surface area contributed by atoms with E-state index in [1.165, 1.54) is 6.07 Å². The van der Waals surface area contributed by atoms with Crippen molar-refractivity contribution in [3.05, 3.63) is 65.2 Å². The summed E-state index contributed by atoms with van der Waals surface area (Å²) in [5.41, 5.74) is 1.44. The number of nitrogens with one attached hydrogen (secondary N) is 1. The first-order valence-electron chi connectivity index (χ1n) is 9.78. The van der Waals surface area contributed by atoms with Crippen LogP contribution >= 0.6 is 0 Å². The number of rotatable bonds is 7. The molecule has 1 heterocycles. The average Bonchev–Trinajstić information content (AvgIpc) is 3.25. The largest absolute Gasteiger partial charge is 0.486 e. The molecule has 2 unspecified atom stereocenters. The third kappa shape index (κ3) is 4.33. The van der Waals surface area contributed by atoms with Gasteiger partial charge in [-0.15, -0.1) is 0 Å². The molecule has 0 bridgehead atoms. The third-order valence-corrected chi connectivity index (χ3v) is 5.43. The molecule has 28 heavy (non-hydrogen) atoms. The van der Waals surface area contributed by atoms with Gasteiger partial charge in [-0.1, -0.05) is 30.3 Å². The van der Waals surface area contributed by atoms with Crippen LogP contribution in [0.5, 0.6) is 5.75 Å². The number of amides is 1. The molecular formula is C22H24F2N2O2. The normalized spacial score (nSPS) is 21.0. The van der Waals surface area contributed by atoms with Gasteiger partial charge in [0.05, 0.1) is 6.54 Å². The van der Waals surface area contributed by atoms with Crippen LogP contribution in [0.2, 0.25) is 0 Å². The van der Waals surface area contributed by atoms with Crippen LogP contribution in [0.1, 0.15) is 36.3 Å². The van der Waals surface area contributed by atoms with Gasteiger partial charge in [0.25, 0.3) is 0 Å². The second kappa shape index (κ2) is 8.27. The van der Waals surface area contributed by atoms with E-state index in [1.54, 1.807) is 0 Å². The molecule has 1 saturated carbocycles. The standard InChI is InChI=1S/C22H24F2N2O2/c23-16-10-18(17-12-20(17)25-13-21(27)26-8-4-5-9-26)22(19(24)11-16)28-14-15-6-2-1-3-7-15/h1-3,6-7,10-11,17,20,25H,4-5,8-9,12-14H2. The van der Waals surface area contributed by atoms with Crippen molar-refractivity contribution in [2.24, 2.45) is 0 Å². The van der Waals surface area contributed by atoms with Crippen LogP contribution in [-0.4, -0.2) is 36.5 Å². The maximum atomic E-state index is 14.4. The monoisotopic (exact) mass is 386 g/mol. The molecule has 0 radical (unpaired) electrons. The molecule has 1 saturated heterocycles. The number of hydrogen-bond acceptors (Lipinski definition) is 3. The molecule has 2 aromatic rings. The second-order valence-electron chi connectivity index (χ2n) is 7.50. The third-order valence-electron chi connectivity index (χ3n) is 5.43. The van der Waals surface area contributed by atoms with Gasteiger partial charge in [-0.25, -0.2) is 8.78 Å². The van der Waals surface area contributed by atoms with Crippen LogP contribution in [-0.2, 0) is 11.4 Å². The zero-order valence-corrected chi connectivity index (χ0v) is 15.7. The highest BCUT2D eigenvalue weighted by Crippen LogP contribution is 2.46. The number of carbonyl (C=O) groups is 1. The molecule has 2 fully saturated rings.